The highest BCUT2D eigenvalue weighted by Gasteiger charge is 2.57. The number of likely N-dealkylation sites (tertiary alicyclic amines) is 1. The molecular formula is C31H32N2O3S. The molecule has 2 fully saturated rings. The number of thiophene rings is 1. The van der Waals surface area contributed by atoms with E-state index in [-0.39, 0.29) is 17.6 Å². The van der Waals surface area contributed by atoms with Crippen molar-refractivity contribution in [2.24, 2.45) is 17.6 Å². The predicted molar refractivity (Wildman–Crippen MR) is 147 cm³/mol. The third-order valence-corrected chi connectivity index (χ3v) is 9.04. The molecule has 2 amide bonds. The van der Waals surface area contributed by atoms with E-state index in [1.165, 1.54) is 11.3 Å². The molecule has 0 bridgehead atoms. The lowest BCUT2D eigenvalue weighted by Gasteiger charge is -2.35. The molecule has 1 aliphatic carbocycles. The van der Waals surface area contributed by atoms with Gasteiger partial charge in [-0.1, -0.05) is 73.2 Å². The SMILES string of the molecule is Cc1ccccc1C(=O)C1C(c2sccc2C)C(C(N)=O)N(C(=O)C2CCC2)C1C=Cc1ccccc1. The number of hydrogen-bond donors (Lipinski definition) is 1. The number of primary amides is 1. The number of amides is 2. The Morgan fingerprint density at radius 2 is 1.65 bits per heavy atom. The second-order valence-corrected chi connectivity index (χ2v) is 11.1. The highest BCUT2D eigenvalue weighted by atomic mass is 32.1. The first-order chi connectivity index (χ1) is 17.9. The zero-order valence-electron chi connectivity index (χ0n) is 21.2. The summed E-state index contributed by atoms with van der Waals surface area (Å²) in [5, 5.41) is 1.98. The van der Waals surface area contributed by atoms with E-state index in [1.54, 1.807) is 4.90 Å². The van der Waals surface area contributed by atoms with Crippen LogP contribution in [0.25, 0.3) is 6.08 Å². The smallest absolute Gasteiger partial charge is 0.240 e. The predicted octanol–water partition coefficient (Wildman–Crippen LogP) is 5.53. The number of nitrogens with zero attached hydrogens (tertiary/aromatic N) is 1. The molecule has 2 aromatic carbocycles. The minimum atomic E-state index is -0.895. The van der Waals surface area contributed by atoms with Crippen molar-refractivity contribution in [3.8, 4) is 0 Å². The first-order valence-electron chi connectivity index (χ1n) is 12.9. The molecule has 5 nitrogen and oxygen atoms in total. The topological polar surface area (TPSA) is 80.5 Å². The van der Waals surface area contributed by atoms with Crippen LogP contribution < -0.4 is 5.73 Å². The molecule has 0 spiro atoms. The normalized spacial score (nSPS) is 23.8. The summed E-state index contributed by atoms with van der Waals surface area (Å²) in [6, 6.07) is 17.8. The summed E-state index contributed by atoms with van der Waals surface area (Å²) in [5.74, 6) is -1.99. The number of rotatable bonds is 7. The van der Waals surface area contributed by atoms with Crippen molar-refractivity contribution in [2.75, 3.05) is 0 Å². The molecule has 1 aliphatic heterocycles. The van der Waals surface area contributed by atoms with Crippen LogP contribution in [-0.4, -0.2) is 34.6 Å². The van der Waals surface area contributed by atoms with E-state index < -0.39 is 29.8 Å². The van der Waals surface area contributed by atoms with Gasteiger partial charge in [0.15, 0.2) is 5.78 Å². The van der Waals surface area contributed by atoms with Crippen LogP contribution in [0.15, 0.2) is 72.1 Å². The molecule has 1 saturated heterocycles. The fraction of sp³-hybridized carbons (Fsp3) is 0.323. The van der Waals surface area contributed by atoms with Crippen molar-refractivity contribution in [3.63, 3.8) is 0 Å². The zero-order valence-corrected chi connectivity index (χ0v) is 22.0. The lowest BCUT2D eigenvalue weighted by atomic mass is 9.78. The first-order valence-corrected chi connectivity index (χ1v) is 13.7. The van der Waals surface area contributed by atoms with E-state index in [0.717, 1.165) is 40.8 Å². The van der Waals surface area contributed by atoms with Crippen molar-refractivity contribution in [3.05, 3.63) is 99.3 Å². The molecular weight excluding hydrogens is 480 g/mol. The average Bonchev–Trinajstić information content (AvgIpc) is 3.42. The third kappa shape index (κ3) is 4.66. The minimum absolute atomic E-state index is 0.0613. The summed E-state index contributed by atoms with van der Waals surface area (Å²) in [4.78, 5) is 44.0. The fourth-order valence-electron chi connectivity index (χ4n) is 5.77. The minimum Gasteiger partial charge on any atom is -0.368 e. The van der Waals surface area contributed by atoms with E-state index in [4.69, 9.17) is 5.73 Å². The molecule has 2 heterocycles. The Bertz CT molecular complexity index is 1340. The Morgan fingerprint density at radius 3 is 2.24 bits per heavy atom. The Balaban J connectivity index is 1.70. The highest BCUT2D eigenvalue weighted by Crippen LogP contribution is 2.49. The summed E-state index contributed by atoms with van der Waals surface area (Å²) >= 11 is 1.52. The van der Waals surface area contributed by atoms with Crippen LogP contribution >= 0.6 is 11.3 Å². The van der Waals surface area contributed by atoms with Crippen molar-refractivity contribution in [1.82, 2.24) is 4.90 Å². The monoisotopic (exact) mass is 512 g/mol. The number of nitrogens with two attached hydrogens (primary N) is 1. The zero-order chi connectivity index (χ0) is 26.1. The number of hydrogen-bond acceptors (Lipinski definition) is 4. The summed E-state index contributed by atoms with van der Waals surface area (Å²) in [6.07, 6.45) is 6.48. The Morgan fingerprint density at radius 1 is 0.946 bits per heavy atom. The number of benzene rings is 2. The van der Waals surface area contributed by atoms with Gasteiger partial charge in [0.2, 0.25) is 11.8 Å². The maximum atomic E-state index is 14.4. The Labute approximate surface area is 222 Å². The second kappa shape index (κ2) is 10.5. The third-order valence-electron chi connectivity index (χ3n) is 7.92. The second-order valence-electron chi connectivity index (χ2n) is 10.2. The number of Topliss-reactive ketones (excluding diaryl/α,β-unsaturated/α-hetero) is 1. The van der Waals surface area contributed by atoms with Gasteiger partial charge in [-0.25, -0.2) is 0 Å². The van der Waals surface area contributed by atoms with Gasteiger partial charge in [-0.15, -0.1) is 11.3 Å². The highest BCUT2D eigenvalue weighted by molar-refractivity contribution is 7.10. The van der Waals surface area contributed by atoms with Crippen LogP contribution in [-0.2, 0) is 9.59 Å². The van der Waals surface area contributed by atoms with Crippen molar-refractivity contribution in [1.29, 1.82) is 0 Å². The van der Waals surface area contributed by atoms with Crippen LogP contribution in [0.5, 0.6) is 0 Å². The average molecular weight is 513 g/mol. The first kappa shape index (κ1) is 25.2. The Kier molecular flexibility index (Phi) is 7.11. The van der Waals surface area contributed by atoms with Gasteiger partial charge >= 0.3 is 0 Å². The molecule has 190 valence electrons. The molecule has 1 aromatic heterocycles. The number of carbonyl (C=O) groups excluding carboxylic acids is 3. The van der Waals surface area contributed by atoms with E-state index in [2.05, 4.69) is 0 Å². The van der Waals surface area contributed by atoms with Crippen molar-refractivity contribution in [2.45, 2.75) is 51.1 Å². The van der Waals surface area contributed by atoms with Crippen LogP contribution in [0, 0.1) is 25.7 Å². The van der Waals surface area contributed by atoms with Gasteiger partial charge in [0, 0.05) is 22.3 Å². The number of aryl methyl sites for hydroxylation is 2. The van der Waals surface area contributed by atoms with Crippen LogP contribution in [0.4, 0.5) is 0 Å². The summed E-state index contributed by atoms with van der Waals surface area (Å²) < 4.78 is 0. The number of carbonyl (C=O) groups is 3. The van der Waals surface area contributed by atoms with E-state index >= 15 is 0 Å². The van der Waals surface area contributed by atoms with Gasteiger partial charge in [0.1, 0.15) is 6.04 Å². The van der Waals surface area contributed by atoms with Crippen LogP contribution in [0.1, 0.15) is 57.1 Å². The van der Waals surface area contributed by atoms with Crippen LogP contribution in [0.2, 0.25) is 0 Å². The van der Waals surface area contributed by atoms with E-state index in [0.29, 0.717) is 5.56 Å². The molecule has 1 saturated carbocycles. The summed E-state index contributed by atoms with van der Waals surface area (Å²) in [6.45, 7) is 3.91. The molecule has 2 aliphatic rings. The lowest BCUT2D eigenvalue weighted by Crippen LogP contribution is -2.51. The molecule has 4 unspecified atom stereocenters. The summed E-state index contributed by atoms with van der Waals surface area (Å²) in [7, 11) is 0. The Hall–Kier alpha value is -3.51. The molecule has 37 heavy (non-hydrogen) atoms. The van der Waals surface area contributed by atoms with E-state index in [1.807, 2.05) is 92.0 Å². The number of ketones is 1. The maximum Gasteiger partial charge on any atom is 0.240 e. The van der Waals surface area contributed by atoms with Gasteiger partial charge in [-0.3, -0.25) is 14.4 Å². The van der Waals surface area contributed by atoms with Crippen LogP contribution in [0.3, 0.4) is 0 Å². The van der Waals surface area contributed by atoms with Gasteiger partial charge in [-0.2, -0.15) is 0 Å². The molecule has 0 radical (unpaired) electrons. The van der Waals surface area contributed by atoms with E-state index in [9.17, 15) is 14.4 Å². The van der Waals surface area contributed by atoms with Gasteiger partial charge in [0.25, 0.3) is 0 Å². The lowest BCUT2D eigenvalue weighted by molar-refractivity contribution is -0.144. The van der Waals surface area contributed by atoms with Crippen molar-refractivity contribution >= 4 is 35.0 Å². The molecule has 2 N–H and O–H groups in total. The van der Waals surface area contributed by atoms with Gasteiger partial charge < -0.3 is 10.6 Å². The van der Waals surface area contributed by atoms with Gasteiger partial charge in [-0.05, 0) is 54.8 Å². The summed E-state index contributed by atoms with van der Waals surface area (Å²) in [5.41, 5.74) is 9.53. The molecule has 6 heteroatoms. The standard InChI is InChI=1S/C31H32N2O3S/c1-19-9-6-7-14-23(19)28(34)25-24(16-15-21-10-4-3-5-11-21)33(31(36)22-12-8-13-22)27(30(32)35)26(25)29-20(2)17-18-37-29/h3-7,9-11,14-18,22,24-27H,8,12-13H2,1-2H3,(H2,32,35). The molecule has 3 aromatic rings. The van der Waals surface area contributed by atoms with Gasteiger partial charge in [0.05, 0.1) is 12.0 Å². The quantitative estimate of drug-likeness (QED) is 0.423. The van der Waals surface area contributed by atoms with Crippen molar-refractivity contribution < 1.29 is 14.4 Å². The molecule has 5 rings (SSSR count). The maximum absolute atomic E-state index is 14.4. The molecule has 4 atom stereocenters. The largest absolute Gasteiger partial charge is 0.368 e. The fourth-order valence-corrected chi connectivity index (χ4v) is 6.88.